The Kier molecular flexibility index (Phi) is 2.37. The molecule has 0 saturated carbocycles. The monoisotopic (exact) mass is 249 g/mol. The molecular formula is C11H11N3S2. The molecule has 16 heavy (non-hydrogen) atoms. The molecule has 0 spiro atoms. The molecule has 3 nitrogen and oxygen atoms in total. The molecular weight excluding hydrogens is 238 g/mol. The lowest BCUT2D eigenvalue weighted by Crippen LogP contribution is -2.06. The summed E-state index contributed by atoms with van der Waals surface area (Å²) in [6, 6.07) is 0. The van der Waals surface area contributed by atoms with E-state index in [1.54, 1.807) is 11.3 Å². The molecule has 0 atom stereocenters. The Bertz CT molecular complexity index is 618. The number of rotatable bonds is 0. The zero-order valence-electron chi connectivity index (χ0n) is 8.69. The maximum absolute atomic E-state index is 5.95. The SMILES string of the molecule is Nc1ncnc2sc(=S)c3c(c12)CCCC3. The summed E-state index contributed by atoms with van der Waals surface area (Å²) in [7, 11) is 0. The molecule has 82 valence electrons. The number of nitrogen functional groups attached to an aromatic ring is 1. The maximum atomic E-state index is 5.95. The number of hydrogen-bond acceptors (Lipinski definition) is 5. The number of hydrogen-bond donors (Lipinski definition) is 1. The fourth-order valence-electron chi connectivity index (χ4n) is 2.30. The zero-order valence-corrected chi connectivity index (χ0v) is 10.3. The smallest absolute Gasteiger partial charge is 0.135 e. The molecule has 1 aliphatic carbocycles. The normalized spacial score (nSPS) is 15.0. The Hall–Kier alpha value is -1.07. The Balaban J connectivity index is 2.48. The summed E-state index contributed by atoms with van der Waals surface area (Å²) in [6.07, 6.45) is 6.08. The van der Waals surface area contributed by atoms with Crippen LogP contribution in [0.4, 0.5) is 5.82 Å². The number of anilines is 1. The van der Waals surface area contributed by atoms with Crippen LogP contribution in [0.5, 0.6) is 0 Å². The first-order chi connectivity index (χ1) is 7.77. The summed E-state index contributed by atoms with van der Waals surface area (Å²) < 4.78 is 0.973. The highest BCUT2D eigenvalue weighted by molar-refractivity contribution is 7.73. The lowest BCUT2D eigenvalue weighted by Gasteiger charge is -2.17. The van der Waals surface area contributed by atoms with E-state index in [1.807, 2.05) is 0 Å². The van der Waals surface area contributed by atoms with Crippen molar-refractivity contribution in [1.29, 1.82) is 0 Å². The molecule has 0 fully saturated rings. The van der Waals surface area contributed by atoms with E-state index in [0.717, 1.165) is 26.9 Å². The largest absolute Gasteiger partial charge is 0.383 e. The molecule has 0 radical (unpaired) electrons. The van der Waals surface area contributed by atoms with Gasteiger partial charge in [0, 0.05) is 0 Å². The topological polar surface area (TPSA) is 51.8 Å². The predicted octanol–water partition coefficient (Wildman–Crippen LogP) is 2.88. The fourth-order valence-corrected chi connectivity index (χ4v) is 3.71. The molecule has 3 rings (SSSR count). The highest BCUT2D eigenvalue weighted by atomic mass is 32.1. The molecule has 0 bridgehead atoms. The number of fused-ring (bicyclic) bond motifs is 3. The van der Waals surface area contributed by atoms with E-state index < -0.39 is 0 Å². The summed E-state index contributed by atoms with van der Waals surface area (Å²) in [5.74, 6) is 0.592. The molecule has 2 N–H and O–H groups in total. The number of aromatic nitrogens is 2. The van der Waals surface area contributed by atoms with Gasteiger partial charge in [-0.1, -0.05) is 12.2 Å². The fraction of sp³-hybridized carbons (Fsp3) is 0.364. The van der Waals surface area contributed by atoms with Crippen molar-refractivity contribution in [1.82, 2.24) is 9.97 Å². The van der Waals surface area contributed by atoms with Crippen LogP contribution in [0, 0.1) is 3.82 Å². The molecule has 1 aliphatic rings. The Morgan fingerprint density at radius 2 is 1.94 bits per heavy atom. The number of aryl methyl sites for hydroxylation is 1. The quantitative estimate of drug-likeness (QED) is 0.729. The van der Waals surface area contributed by atoms with Crippen molar-refractivity contribution in [3.63, 3.8) is 0 Å². The molecule has 2 aromatic heterocycles. The van der Waals surface area contributed by atoms with Crippen molar-refractivity contribution in [2.24, 2.45) is 0 Å². The summed E-state index contributed by atoms with van der Waals surface area (Å²) in [6.45, 7) is 0. The minimum Gasteiger partial charge on any atom is -0.383 e. The lowest BCUT2D eigenvalue weighted by molar-refractivity contribution is 0.690. The van der Waals surface area contributed by atoms with E-state index in [1.165, 1.54) is 30.3 Å². The van der Waals surface area contributed by atoms with Crippen LogP contribution in [0.1, 0.15) is 24.0 Å². The van der Waals surface area contributed by atoms with Crippen molar-refractivity contribution in [2.75, 3.05) is 5.73 Å². The highest BCUT2D eigenvalue weighted by Crippen LogP contribution is 2.34. The molecule has 5 heteroatoms. The van der Waals surface area contributed by atoms with Crippen LogP contribution in [-0.2, 0) is 12.8 Å². The van der Waals surface area contributed by atoms with E-state index in [4.69, 9.17) is 18.0 Å². The van der Waals surface area contributed by atoms with Gasteiger partial charge in [-0.25, -0.2) is 9.97 Å². The maximum Gasteiger partial charge on any atom is 0.135 e. The van der Waals surface area contributed by atoms with Crippen molar-refractivity contribution in [2.45, 2.75) is 25.7 Å². The highest BCUT2D eigenvalue weighted by Gasteiger charge is 2.17. The third-order valence-electron chi connectivity index (χ3n) is 3.05. The van der Waals surface area contributed by atoms with Crippen LogP contribution in [0.3, 0.4) is 0 Å². The average Bonchev–Trinajstić information content (AvgIpc) is 2.29. The molecule has 2 aromatic rings. The summed E-state index contributed by atoms with van der Waals surface area (Å²) in [5, 5.41) is 1.04. The van der Waals surface area contributed by atoms with Gasteiger partial charge in [-0.3, -0.25) is 0 Å². The zero-order chi connectivity index (χ0) is 11.1. The third-order valence-corrected chi connectivity index (χ3v) is 4.48. The minimum atomic E-state index is 0.592. The first-order valence-corrected chi connectivity index (χ1v) is 6.55. The van der Waals surface area contributed by atoms with Crippen molar-refractivity contribution < 1.29 is 0 Å². The van der Waals surface area contributed by atoms with Gasteiger partial charge in [-0.15, -0.1) is 11.3 Å². The number of nitrogens with two attached hydrogens (primary N) is 1. The van der Waals surface area contributed by atoms with Gasteiger partial charge in [0.1, 0.15) is 17.0 Å². The van der Waals surface area contributed by atoms with Gasteiger partial charge in [0.15, 0.2) is 0 Å². The van der Waals surface area contributed by atoms with Crippen LogP contribution in [0.25, 0.3) is 10.2 Å². The van der Waals surface area contributed by atoms with E-state index in [-0.39, 0.29) is 0 Å². The summed E-state index contributed by atoms with van der Waals surface area (Å²) in [4.78, 5) is 9.28. The Morgan fingerprint density at radius 1 is 1.19 bits per heavy atom. The second kappa shape index (κ2) is 3.75. The van der Waals surface area contributed by atoms with E-state index in [0.29, 0.717) is 5.82 Å². The Labute approximate surface area is 102 Å². The van der Waals surface area contributed by atoms with E-state index in [2.05, 4.69) is 9.97 Å². The molecule has 0 unspecified atom stereocenters. The molecule has 0 saturated heterocycles. The second-order valence-electron chi connectivity index (χ2n) is 3.99. The van der Waals surface area contributed by atoms with Crippen LogP contribution >= 0.6 is 23.6 Å². The molecule has 0 aliphatic heterocycles. The van der Waals surface area contributed by atoms with Gasteiger partial charge in [0.05, 0.1) is 9.21 Å². The van der Waals surface area contributed by atoms with Gasteiger partial charge in [-0.2, -0.15) is 0 Å². The molecule has 0 amide bonds. The van der Waals surface area contributed by atoms with Crippen LogP contribution in [0.2, 0.25) is 0 Å². The van der Waals surface area contributed by atoms with E-state index in [9.17, 15) is 0 Å². The van der Waals surface area contributed by atoms with Crippen LogP contribution < -0.4 is 5.73 Å². The first-order valence-electron chi connectivity index (χ1n) is 5.32. The van der Waals surface area contributed by atoms with Gasteiger partial charge in [-0.05, 0) is 36.8 Å². The van der Waals surface area contributed by atoms with Crippen molar-refractivity contribution in [3.05, 3.63) is 21.3 Å². The lowest BCUT2D eigenvalue weighted by atomic mass is 9.92. The van der Waals surface area contributed by atoms with Gasteiger partial charge in [0.2, 0.25) is 0 Å². The molecule has 2 heterocycles. The number of nitrogens with zero attached hydrogens (tertiary/aromatic N) is 2. The molecule has 0 aromatic carbocycles. The minimum absolute atomic E-state index is 0.592. The Morgan fingerprint density at radius 3 is 2.75 bits per heavy atom. The second-order valence-corrected chi connectivity index (χ2v) is 5.66. The third kappa shape index (κ3) is 1.43. The summed E-state index contributed by atoms with van der Waals surface area (Å²) in [5.41, 5.74) is 8.55. The first kappa shape index (κ1) is 10.1. The standard InChI is InChI=1S/C11H11N3S2/c12-9-8-6-3-1-2-4-7(6)11(15)16-10(8)14-5-13-9/h5H,1-4H2,(H2,12,13,14). The predicted molar refractivity (Wildman–Crippen MR) is 69.3 cm³/mol. The van der Waals surface area contributed by atoms with Gasteiger partial charge >= 0.3 is 0 Å². The van der Waals surface area contributed by atoms with Crippen molar-refractivity contribution in [3.8, 4) is 0 Å². The van der Waals surface area contributed by atoms with Gasteiger partial charge in [0.25, 0.3) is 0 Å². The van der Waals surface area contributed by atoms with Gasteiger partial charge < -0.3 is 5.73 Å². The average molecular weight is 249 g/mol. The summed E-state index contributed by atoms with van der Waals surface area (Å²) >= 11 is 6.98. The van der Waals surface area contributed by atoms with E-state index >= 15 is 0 Å². The van der Waals surface area contributed by atoms with Crippen LogP contribution in [-0.4, -0.2) is 9.97 Å². The van der Waals surface area contributed by atoms with Crippen LogP contribution in [0.15, 0.2) is 6.33 Å². The van der Waals surface area contributed by atoms with Crippen molar-refractivity contribution >= 4 is 39.6 Å².